The maximum Gasteiger partial charge on any atom is 0.267 e. The number of carbonyl (C=O) groups excluding carboxylic acids is 1. The molecule has 4 rings (SSSR count). The predicted molar refractivity (Wildman–Crippen MR) is 116 cm³/mol. The summed E-state index contributed by atoms with van der Waals surface area (Å²) >= 11 is 7.39. The van der Waals surface area contributed by atoms with Gasteiger partial charge in [-0.25, -0.2) is 4.98 Å². The molecule has 0 aliphatic rings. The number of amides is 1. The largest absolute Gasteiger partial charge is 0.484 e. The van der Waals surface area contributed by atoms with Gasteiger partial charge in [0.15, 0.2) is 11.7 Å². The maximum atomic E-state index is 13.0. The van der Waals surface area contributed by atoms with E-state index < -0.39 is 0 Å². The molecule has 1 amide bonds. The van der Waals surface area contributed by atoms with Crippen molar-refractivity contribution in [3.8, 4) is 5.75 Å². The van der Waals surface area contributed by atoms with Crippen molar-refractivity contribution in [3.63, 3.8) is 0 Å². The van der Waals surface area contributed by atoms with Gasteiger partial charge in [0.05, 0.1) is 23.0 Å². The second-order valence-corrected chi connectivity index (χ2v) is 7.86. The highest BCUT2D eigenvalue weighted by atomic mass is 35.5. The Morgan fingerprint density at radius 1 is 1.17 bits per heavy atom. The molecule has 5 nitrogen and oxygen atoms in total. The molecule has 0 unspecified atom stereocenters. The summed E-state index contributed by atoms with van der Waals surface area (Å²) in [6.07, 6.45) is 2.47. The molecule has 2 aromatic heterocycles. The second-order valence-electron chi connectivity index (χ2n) is 6.42. The minimum Gasteiger partial charge on any atom is -0.484 e. The molecule has 0 saturated carbocycles. The van der Waals surface area contributed by atoms with Crippen LogP contribution in [-0.2, 0) is 17.8 Å². The third-order valence-electron chi connectivity index (χ3n) is 4.47. The summed E-state index contributed by atoms with van der Waals surface area (Å²) in [4.78, 5) is 19.4. The number of aryl methyl sites for hydroxylation is 1. The second kappa shape index (κ2) is 8.68. The van der Waals surface area contributed by atoms with Gasteiger partial charge < -0.3 is 9.15 Å². The summed E-state index contributed by atoms with van der Waals surface area (Å²) in [7, 11) is 0. The number of benzene rings is 2. The number of para-hydroxylation sites is 1. The molecule has 0 bridgehead atoms. The van der Waals surface area contributed by atoms with E-state index in [1.54, 1.807) is 41.5 Å². The first-order valence-corrected chi connectivity index (χ1v) is 10.4. The minimum atomic E-state index is -0.201. The summed E-state index contributed by atoms with van der Waals surface area (Å²) in [6.45, 7) is 2.27. The molecule has 0 N–H and O–H groups in total. The minimum absolute atomic E-state index is 0.112. The highest BCUT2D eigenvalue weighted by molar-refractivity contribution is 7.22. The normalized spacial score (nSPS) is 11.0. The lowest BCUT2D eigenvalue weighted by atomic mass is 10.1. The van der Waals surface area contributed by atoms with Crippen molar-refractivity contribution in [2.24, 2.45) is 0 Å². The molecule has 0 aliphatic carbocycles. The number of nitrogens with zero attached hydrogens (tertiary/aromatic N) is 2. The number of thiazole rings is 1. The van der Waals surface area contributed by atoms with E-state index >= 15 is 0 Å². The number of hydrogen-bond donors (Lipinski definition) is 0. The van der Waals surface area contributed by atoms with Gasteiger partial charge in [-0.05, 0) is 54.4 Å². The molecule has 0 atom stereocenters. The van der Waals surface area contributed by atoms with Crippen LogP contribution in [0, 0.1) is 0 Å². The Bertz CT molecular complexity index is 1110. The van der Waals surface area contributed by atoms with Crippen LogP contribution in [0.25, 0.3) is 10.2 Å². The van der Waals surface area contributed by atoms with Crippen molar-refractivity contribution < 1.29 is 13.9 Å². The van der Waals surface area contributed by atoms with Crippen LogP contribution < -0.4 is 9.64 Å². The van der Waals surface area contributed by atoms with E-state index in [0.717, 1.165) is 22.2 Å². The number of rotatable bonds is 7. The molecule has 4 aromatic rings. The van der Waals surface area contributed by atoms with E-state index in [1.807, 2.05) is 18.2 Å². The summed E-state index contributed by atoms with van der Waals surface area (Å²) < 4.78 is 12.2. The van der Waals surface area contributed by atoms with E-state index in [0.29, 0.717) is 21.7 Å². The van der Waals surface area contributed by atoms with E-state index in [1.165, 1.54) is 11.3 Å². The Kier molecular flexibility index (Phi) is 5.83. The van der Waals surface area contributed by atoms with Crippen LogP contribution in [-0.4, -0.2) is 17.5 Å². The Hall–Kier alpha value is -2.83. The number of hydrogen-bond acceptors (Lipinski definition) is 5. The third-order valence-corrected chi connectivity index (χ3v) is 5.77. The van der Waals surface area contributed by atoms with Crippen molar-refractivity contribution in [3.05, 3.63) is 77.2 Å². The van der Waals surface area contributed by atoms with Gasteiger partial charge >= 0.3 is 0 Å². The van der Waals surface area contributed by atoms with E-state index in [-0.39, 0.29) is 19.1 Å². The van der Waals surface area contributed by atoms with Crippen LogP contribution >= 0.6 is 22.9 Å². The fourth-order valence-corrected chi connectivity index (χ4v) is 4.13. The quantitative estimate of drug-likeness (QED) is 0.379. The lowest BCUT2D eigenvalue weighted by Gasteiger charge is -2.19. The summed E-state index contributed by atoms with van der Waals surface area (Å²) in [5.74, 6) is 1.06. The number of aromatic nitrogens is 1. The molecule has 2 heterocycles. The zero-order valence-corrected chi connectivity index (χ0v) is 17.4. The first kappa shape index (κ1) is 19.5. The number of carbonyl (C=O) groups is 1. The summed E-state index contributed by atoms with van der Waals surface area (Å²) in [5.41, 5.74) is 2.10. The Balaban J connectivity index is 1.60. The van der Waals surface area contributed by atoms with Crippen molar-refractivity contribution in [2.45, 2.75) is 19.9 Å². The SMILES string of the molecule is CCc1cccc2sc(N(Cc3ccco3)C(=O)COc3ccc(Cl)cc3)nc12. The average molecular weight is 427 g/mol. The van der Waals surface area contributed by atoms with Gasteiger partial charge in [0.25, 0.3) is 5.91 Å². The van der Waals surface area contributed by atoms with Gasteiger partial charge in [0.2, 0.25) is 0 Å². The van der Waals surface area contributed by atoms with Crippen LogP contribution in [0.3, 0.4) is 0 Å². The van der Waals surface area contributed by atoms with Crippen molar-refractivity contribution in [2.75, 3.05) is 11.5 Å². The number of fused-ring (bicyclic) bond motifs is 1. The van der Waals surface area contributed by atoms with E-state index in [9.17, 15) is 4.79 Å². The Morgan fingerprint density at radius 2 is 2.00 bits per heavy atom. The molecule has 148 valence electrons. The molecule has 0 radical (unpaired) electrons. The zero-order chi connectivity index (χ0) is 20.2. The lowest BCUT2D eigenvalue weighted by molar-refractivity contribution is -0.120. The van der Waals surface area contributed by atoms with Gasteiger partial charge in [-0.2, -0.15) is 0 Å². The van der Waals surface area contributed by atoms with Gasteiger partial charge in [0.1, 0.15) is 11.5 Å². The number of anilines is 1. The standard InChI is InChI=1S/C22H19ClN2O3S/c1-2-15-5-3-7-19-21(15)24-22(29-19)25(13-18-6-4-12-27-18)20(26)14-28-17-10-8-16(23)9-11-17/h3-12H,2,13-14H2,1H3. The van der Waals surface area contributed by atoms with Crippen LogP contribution in [0.1, 0.15) is 18.2 Å². The predicted octanol–water partition coefficient (Wildman–Crippen LogP) is 5.72. The number of furan rings is 1. The molecule has 7 heteroatoms. The van der Waals surface area contributed by atoms with E-state index in [2.05, 4.69) is 13.0 Å². The average Bonchev–Trinajstić information content (AvgIpc) is 3.40. The van der Waals surface area contributed by atoms with Crippen molar-refractivity contribution in [1.29, 1.82) is 0 Å². The Labute approximate surface area is 177 Å². The number of ether oxygens (including phenoxy) is 1. The van der Waals surface area contributed by atoms with Gasteiger partial charge in [-0.3, -0.25) is 9.69 Å². The zero-order valence-electron chi connectivity index (χ0n) is 15.8. The monoisotopic (exact) mass is 426 g/mol. The summed E-state index contributed by atoms with van der Waals surface area (Å²) in [5, 5.41) is 1.24. The molecule has 29 heavy (non-hydrogen) atoms. The van der Waals surface area contributed by atoms with Crippen LogP contribution in [0.5, 0.6) is 5.75 Å². The van der Waals surface area contributed by atoms with Crippen LogP contribution in [0.4, 0.5) is 5.13 Å². The molecule has 0 aliphatic heterocycles. The van der Waals surface area contributed by atoms with Gasteiger partial charge in [0, 0.05) is 5.02 Å². The third kappa shape index (κ3) is 4.44. The number of halogens is 1. The summed E-state index contributed by atoms with van der Waals surface area (Å²) in [6, 6.07) is 16.7. The van der Waals surface area contributed by atoms with Crippen LogP contribution in [0.2, 0.25) is 5.02 Å². The Morgan fingerprint density at radius 3 is 2.72 bits per heavy atom. The highest BCUT2D eigenvalue weighted by Gasteiger charge is 2.22. The molecular formula is C22H19ClN2O3S. The van der Waals surface area contributed by atoms with Gasteiger partial charge in [-0.15, -0.1) is 0 Å². The maximum absolute atomic E-state index is 13.0. The molecule has 0 spiro atoms. The highest BCUT2D eigenvalue weighted by Crippen LogP contribution is 2.32. The smallest absolute Gasteiger partial charge is 0.267 e. The van der Waals surface area contributed by atoms with Crippen molar-refractivity contribution >= 4 is 44.2 Å². The first-order chi connectivity index (χ1) is 14.1. The molecule has 2 aromatic carbocycles. The fraction of sp³-hybridized carbons (Fsp3) is 0.182. The van der Waals surface area contributed by atoms with Crippen molar-refractivity contribution in [1.82, 2.24) is 4.98 Å². The fourth-order valence-electron chi connectivity index (χ4n) is 2.97. The molecule has 0 saturated heterocycles. The first-order valence-electron chi connectivity index (χ1n) is 9.23. The van der Waals surface area contributed by atoms with E-state index in [4.69, 9.17) is 25.7 Å². The lowest BCUT2D eigenvalue weighted by Crippen LogP contribution is -2.34. The molecule has 0 fully saturated rings. The van der Waals surface area contributed by atoms with Gasteiger partial charge in [-0.1, -0.05) is 42.0 Å². The van der Waals surface area contributed by atoms with Crippen LogP contribution in [0.15, 0.2) is 65.3 Å². The molecular weight excluding hydrogens is 408 g/mol. The topological polar surface area (TPSA) is 55.6 Å².